The second-order valence-corrected chi connectivity index (χ2v) is 7.58. The lowest BCUT2D eigenvalue weighted by Crippen LogP contribution is -2.34. The van der Waals surface area contributed by atoms with Crippen molar-refractivity contribution in [2.45, 2.75) is 25.9 Å². The van der Waals surface area contributed by atoms with Crippen LogP contribution in [0, 0.1) is 6.92 Å². The first-order valence-corrected chi connectivity index (χ1v) is 10.0. The number of fused-ring (bicyclic) bond motifs is 1. The van der Waals surface area contributed by atoms with Crippen molar-refractivity contribution in [1.82, 2.24) is 14.6 Å². The Morgan fingerprint density at radius 3 is 2.68 bits per heavy atom. The fourth-order valence-corrected chi connectivity index (χ4v) is 3.80. The maximum atomic E-state index is 13.2. The van der Waals surface area contributed by atoms with Crippen LogP contribution in [0.25, 0.3) is 10.9 Å². The Hall–Kier alpha value is -4.00. The minimum Gasteiger partial charge on any atom is -0.467 e. The lowest BCUT2D eigenvalue weighted by Gasteiger charge is -2.20. The minimum atomic E-state index is -0.358. The first kappa shape index (κ1) is 19.0. The molecule has 0 aliphatic carbocycles. The summed E-state index contributed by atoms with van der Waals surface area (Å²) < 4.78 is 6.91. The van der Waals surface area contributed by atoms with Crippen molar-refractivity contribution in [2.24, 2.45) is 5.10 Å². The number of hydrazone groups is 1. The molecule has 0 spiro atoms. The van der Waals surface area contributed by atoms with Gasteiger partial charge in [-0.3, -0.25) is 14.2 Å². The molecule has 7 nitrogen and oxygen atoms in total. The van der Waals surface area contributed by atoms with Gasteiger partial charge in [-0.1, -0.05) is 42.0 Å². The molecule has 0 fully saturated rings. The monoisotopic (exact) mass is 412 g/mol. The molecule has 0 saturated carbocycles. The van der Waals surface area contributed by atoms with E-state index >= 15 is 0 Å². The number of aromatic nitrogens is 2. The summed E-state index contributed by atoms with van der Waals surface area (Å²) in [7, 11) is 0. The van der Waals surface area contributed by atoms with Crippen LogP contribution in [0.3, 0.4) is 0 Å². The maximum absolute atomic E-state index is 13.2. The van der Waals surface area contributed by atoms with Crippen LogP contribution >= 0.6 is 0 Å². The molecule has 1 atom stereocenters. The summed E-state index contributed by atoms with van der Waals surface area (Å²) >= 11 is 0. The second-order valence-electron chi connectivity index (χ2n) is 7.58. The van der Waals surface area contributed by atoms with E-state index in [0.717, 1.165) is 16.8 Å². The van der Waals surface area contributed by atoms with Crippen molar-refractivity contribution >= 4 is 22.5 Å². The van der Waals surface area contributed by atoms with Crippen LogP contribution in [0.15, 0.2) is 87.6 Å². The summed E-state index contributed by atoms with van der Waals surface area (Å²) in [6, 6.07) is 18.4. The zero-order valence-corrected chi connectivity index (χ0v) is 16.9. The number of carbonyl (C=O) groups is 1. The van der Waals surface area contributed by atoms with Gasteiger partial charge < -0.3 is 4.42 Å². The van der Waals surface area contributed by atoms with Gasteiger partial charge in [-0.2, -0.15) is 5.10 Å². The van der Waals surface area contributed by atoms with Gasteiger partial charge in [0.05, 0.1) is 29.2 Å². The Kier molecular flexibility index (Phi) is 4.71. The van der Waals surface area contributed by atoms with Gasteiger partial charge in [-0.25, -0.2) is 9.99 Å². The molecule has 0 N–H and O–H groups in total. The highest BCUT2D eigenvalue weighted by Crippen LogP contribution is 2.33. The molecule has 31 heavy (non-hydrogen) atoms. The minimum absolute atomic E-state index is 0.154. The lowest BCUT2D eigenvalue weighted by atomic mass is 10.0. The summed E-state index contributed by atoms with van der Waals surface area (Å²) in [4.78, 5) is 30.3. The van der Waals surface area contributed by atoms with E-state index in [2.05, 4.69) is 10.1 Å². The Morgan fingerprint density at radius 1 is 1.10 bits per heavy atom. The normalized spacial score (nSPS) is 16.0. The van der Waals surface area contributed by atoms with E-state index in [1.54, 1.807) is 30.5 Å². The molecular weight excluding hydrogens is 392 g/mol. The van der Waals surface area contributed by atoms with Gasteiger partial charge >= 0.3 is 0 Å². The Balaban J connectivity index is 1.48. The fraction of sp³-hybridized carbons (Fsp3) is 0.167. The quantitative estimate of drug-likeness (QED) is 0.512. The van der Waals surface area contributed by atoms with Crippen LogP contribution in [0.5, 0.6) is 0 Å². The molecule has 1 amide bonds. The summed E-state index contributed by atoms with van der Waals surface area (Å²) in [6.07, 6.45) is 3.53. The average molecular weight is 412 g/mol. The summed E-state index contributed by atoms with van der Waals surface area (Å²) in [6.45, 7) is 1.87. The Bertz CT molecular complexity index is 1340. The molecule has 1 aliphatic heterocycles. The molecule has 7 heteroatoms. The zero-order valence-electron chi connectivity index (χ0n) is 16.9. The van der Waals surface area contributed by atoms with E-state index < -0.39 is 0 Å². The number of amides is 1. The Morgan fingerprint density at radius 2 is 1.90 bits per heavy atom. The molecule has 0 unspecified atom stereocenters. The number of benzene rings is 2. The summed E-state index contributed by atoms with van der Waals surface area (Å²) in [5.74, 6) is 0.353. The number of hydrogen-bond acceptors (Lipinski definition) is 5. The van der Waals surface area contributed by atoms with Crippen LogP contribution < -0.4 is 5.56 Å². The fourth-order valence-electron chi connectivity index (χ4n) is 3.80. The van der Waals surface area contributed by atoms with Crippen LogP contribution in [-0.2, 0) is 11.3 Å². The van der Waals surface area contributed by atoms with Crippen LogP contribution in [-0.4, -0.2) is 26.2 Å². The molecule has 1 aliphatic rings. The van der Waals surface area contributed by atoms with Gasteiger partial charge in [0, 0.05) is 6.42 Å². The molecular formula is C24H20N4O3. The van der Waals surface area contributed by atoms with Crippen molar-refractivity contribution in [3.05, 3.63) is 100 Å². The van der Waals surface area contributed by atoms with Crippen molar-refractivity contribution in [3.8, 4) is 0 Å². The first-order chi connectivity index (χ1) is 15.1. The van der Waals surface area contributed by atoms with Gasteiger partial charge in [0.25, 0.3) is 11.5 Å². The number of carbonyl (C=O) groups excluding carboxylic acids is 1. The van der Waals surface area contributed by atoms with E-state index in [9.17, 15) is 9.59 Å². The molecule has 2 aromatic carbocycles. The van der Waals surface area contributed by atoms with Crippen LogP contribution in [0.1, 0.15) is 29.3 Å². The highest BCUT2D eigenvalue weighted by molar-refractivity contribution is 6.03. The van der Waals surface area contributed by atoms with Crippen LogP contribution in [0.2, 0.25) is 0 Å². The molecule has 0 saturated heterocycles. The average Bonchev–Trinajstić information content (AvgIpc) is 3.46. The standard InChI is InChI=1S/C24H20N4O3/c1-16-8-10-17(11-9-16)20-13-21(22-7-4-12-31-22)28(26-20)23(29)14-27-15-25-19-6-3-2-5-18(19)24(27)30/h2-12,15,21H,13-14H2,1H3/t21-/m1/s1. The highest BCUT2D eigenvalue weighted by Gasteiger charge is 2.35. The number of aryl methyl sites for hydroxylation is 1. The third-order valence-corrected chi connectivity index (χ3v) is 5.46. The summed E-state index contributed by atoms with van der Waals surface area (Å²) in [5.41, 5.74) is 3.27. The molecule has 4 aromatic rings. The van der Waals surface area contributed by atoms with E-state index in [4.69, 9.17) is 4.42 Å². The van der Waals surface area contributed by atoms with Gasteiger partial charge in [-0.15, -0.1) is 0 Å². The van der Waals surface area contributed by atoms with E-state index in [1.807, 2.05) is 43.3 Å². The molecule has 0 radical (unpaired) electrons. The van der Waals surface area contributed by atoms with Crippen molar-refractivity contribution in [1.29, 1.82) is 0 Å². The third kappa shape index (κ3) is 3.54. The number of rotatable bonds is 4. The van der Waals surface area contributed by atoms with Crippen molar-refractivity contribution < 1.29 is 9.21 Å². The zero-order chi connectivity index (χ0) is 21.4. The largest absolute Gasteiger partial charge is 0.467 e. The Labute approximate surface area is 178 Å². The first-order valence-electron chi connectivity index (χ1n) is 10.0. The number of nitrogens with zero attached hydrogens (tertiary/aromatic N) is 4. The van der Waals surface area contributed by atoms with Gasteiger partial charge in [0.1, 0.15) is 18.3 Å². The molecule has 154 valence electrons. The smallest absolute Gasteiger partial charge is 0.263 e. The van der Waals surface area contributed by atoms with Crippen LogP contribution in [0.4, 0.5) is 0 Å². The maximum Gasteiger partial charge on any atom is 0.263 e. The van der Waals surface area contributed by atoms with Crippen molar-refractivity contribution in [2.75, 3.05) is 0 Å². The third-order valence-electron chi connectivity index (χ3n) is 5.46. The van der Waals surface area contributed by atoms with Gasteiger partial charge in [0.15, 0.2) is 0 Å². The van der Waals surface area contributed by atoms with E-state index in [0.29, 0.717) is 23.1 Å². The van der Waals surface area contributed by atoms with E-state index in [-0.39, 0.29) is 24.1 Å². The molecule has 3 heterocycles. The predicted molar refractivity (Wildman–Crippen MR) is 117 cm³/mol. The SMILES string of the molecule is Cc1ccc(C2=NN(C(=O)Cn3cnc4ccccc4c3=O)[C@@H](c3ccco3)C2)cc1. The molecule has 5 rings (SSSR count). The number of para-hydroxylation sites is 1. The summed E-state index contributed by atoms with van der Waals surface area (Å²) in [5, 5.41) is 6.52. The van der Waals surface area contributed by atoms with Crippen molar-refractivity contribution in [3.63, 3.8) is 0 Å². The van der Waals surface area contributed by atoms with Gasteiger partial charge in [0.2, 0.25) is 0 Å². The number of furan rings is 1. The second kappa shape index (κ2) is 7.68. The van der Waals surface area contributed by atoms with E-state index in [1.165, 1.54) is 15.9 Å². The highest BCUT2D eigenvalue weighted by atomic mass is 16.3. The van der Waals surface area contributed by atoms with Gasteiger partial charge in [-0.05, 0) is 36.8 Å². The molecule has 2 aromatic heterocycles. The molecule has 0 bridgehead atoms. The topological polar surface area (TPSA) is 80.7 Å². The lowest BCUT2D eigenvalue weighted by molar-refractivity contribution is -0.134. The predicted octanol–water partition coefficient (Wildman–Crippen LogP) is 3.68. The number of hydrogen-bond donors (Lipinski definition) is 0.